The van der Waals surface area contributed by atoms with Gasteiger partial charge in [-0.2, -0.15) is 0 Å². The number of aliphatic hydroxyl groups is 1. The maximum atomic E-state index is 10.9. The van der Waals surface area contributed by atoms with E-state index in [4.69, 9.17) is 9.47 Å². The Hall–Kier alpha value is -1.08. The summed E-state index contributed by atoms with van der Waals surface area (Å²) < 4.78 is 10.1. The number of hydrogen-bond acceptors (Lipinski definition) is 5. The number of thioether (sulfide) groups is 1. The topological polar surface area (TPSA) is 67.8 Å². The van der Waals surface area contributed by atoms with E-state index in [0.717, 1.165) is 10.6 Å². The number of anilines is 1. The Morgan fingerprint density at radius 2 is 2.05 bits per heavy atom. The standard InChI is InChI=1S/C14H21NO4S/c1-11(16)15-12-3-5-14(6-4-12)20-10-13(17)9-19-8-7-18-2/h3-6,13,17H,7-10H2,1-2H3,(H,15,16). The molecule has 0 aliphatic heterocycles. The first kappa shape index (κ1) is 17.0. The van der Waals surface area contributed by atoms with Gasteiger partial charge in [-0.25, -0.2) is 0 Å². The molecule has 0 aliphatic carbocycles. The van der Waals surface area contributed by atoms with Crippen LogP contribution in [-0.4, -0.2) is 49.8 Å². The number of rotatable bonds is 9. The number of benzene rings is 1. The molecule has 1 rings (SSSR count). The fourth-order valence-corrected chi connectivity index (χ4v) is 2.25. The number of ether oxygens (including phenoxy) is 2. The highest BCUT2D eigenvalue weighted by molar-refractivity contribution is 7.99. The summed E-state index contributed by atoms with van der Waals surface area (Å²) in [5.74, 6) is 0.473. The van der Waals surface area contributed by atoms with Crippen molar-refractivity contribution in [1.29, 1.82) is 0 Å². The van der Waals surface area contributed by atoms with Gasteiger partial charge in [0.15, 0.2) is 0 Å². The Morgan fingerprint density at radius 1 is 1.35 bits per heavy atom. The van der Waals surface area contributed by atoms with E-state index in [-0.39, 0.29) is 5.91 Å². The summed E-state index contributed by atoms with van der Waals surface area (Å²) in [4.78, 5) is 11.9. The average Bonchev–Trinajstić information content (AvgIpc) is 2.42. The predicted molar refractivity (Wildman–Crippen MR) is 80.2 cm³/mol. The van der Waals surface area contributed by atoms with Crippen molar-refractivity contribution in [2.75, 3.05) is 38.0 Å². The molecule has 1 unspecified atom stereocenters. The SMILES string of the molecule is COCCOCC(O)CSc1ccc(NC(C)=O)cc1. The van der Waals surface area contributed by atoms with Crippen molar-refractivity contribution in [2.24, 2.45) is 0 Å². The van der Waals surface area contributed by atoms with Crippen molar-refractivity contribution >= 4 is 23.4 Å². The first-order valence-corrected chi connectivity index (χ1v) is 7.35. The molecule has 6 heteroatoms. The van der Waals surface area contributed by atoms with Crippen LogP contribution in [0, 0.1) is 0 Å². The molecular weight excluding hydrogens is 278 g/mol. The largest absolute Gasteiger partial charge is 0.390 e. The highest BCUT2D eigenvalue weighted by atomic mass is 32.2. The van der Waals surface area contributed by atoms with Gasteiger partial charge in [-0.15, -0.1) is 11.8 Å². The molecule has 0 fully saturated rings. The van der Waals surface area contributed by atoms with E-state index in [1.54, 1.807) is 18.9 Å². The lowest BCUT2D eigenvalue weighted by Crippen LogP contribution is -2.19. The maximum Gasteiger partial charge on any atom is 0.221 e. The zero-order valence-corrected chi connectivity index (χ0v) is 12.6. The average molecular weight is 299 g/mol. The number of aliphatic hydroxyl groups excluding tert-OH is 1. The summed E-state index contributed by atoms with van der Waals surface area (Å²) in [6.07, 6.45) is -0.508. The Balaban J connectivity index is 2.25. The van der Waals surface area contributed by atoms with Crippen LogP contribution < -0.4 is 5.32 Å². The molecule has 0 aliphatic rings. The van der Waals surface area contributed by atoms with Crippen molar-refractivity contribution < 1.29 is 19.4 Å². The molecule has 2 N–H and O–H groups in total. The van der Waals surface area contributed by atoms with E-state index in [1.807, 2.05) is 24.3 Å². The van der Waals surface area contributed by atoms with Crippen molar-refractivity contribution in [3.05, 3.63) is 24.3 Å². The molecule has 1 amide bonds. The molecule has 0 aromatic heterocycles. The molecule has 0 heterocycles. The molecule has 0 saturated carbocycles. The molecule has 1 aromatic carbocycles. The molecule has 112 valence electrons. The van der Waals surface area contributed by atoms with Gasteiger partial charge in [-0.05, 0) is 24.3 Å². The van der Waals surface area contributed by atoms with E-state index in [0.29, 0.717) is 25.6 Å². The minimum Gasteiger partial charge on any atom is -0.390 e. The third kappa shape index (κ3) is 7.49. The smallest absolute Gasteiger partial charge is 0.221 e. The van der Waals surface area contributed by atoms with E-state index in [2.05, 4.69) is 5.32 Å². The van der Waals surface area contributed by atoms with Crippen LogP contribution in [0.3, 0.4) is 0 Å². The second kappa shape index (κ2) is 9.77. The molecular formula is C14H21NO4S. The van der Waals surface area contributed by atoms with Gasteiger partial charge in [-0.3, -0.25) is 4.79 Å². The first-order valence-electron chi connectivity index (χ1n) is 6.37. The van der Waals surface area contributed by atoms with E-state index >= 15 is 0 Å². The normalized spacial score (nSPS) is 12.2. The molecule has 0 radical (unpaired) electrons. The molecule has 5 nitrogen and oxygen atoms in total. The second-order valence-electron chi connectivity index (χ2n) is 4.24. The van der Waals surface area contributed by atoms with Gasteiger partial charge in [0.1, 0.15) is 0 Å². The maximum absolute atomic E-state index is 10.9. The summed E-state index contributed by atoms with van der Waals surface area (Å²) in [7, 11) is 1.61. The zero-order valence-electron chi connectivity index (χ0n) is 11.8. The van der Waals surface area contributed by atoms with Crippen LogP contribution in [0.5, 0.6) is 0 Å². The van der Waals surface area contributed by atoms with Crippen LogP contribution in [0.25, 0.3) is 0 Å². The minimum absolute atomic E-state index is 0.0889. The van der Waals surface area contributed by atoms with Crippen LogP contribution in [-0.2, 0) is 14.3 Å². The Labute approximate surface area is 123 Å². The van der Waals surface area contributed by atoms with Gasteiger partial charge in [0.25, 0.3) is 0 Å². The van der Waals surface area contributed by atoms with Crippen molar-refractivity contribution in [3.63, 3.8) is 0 Å². The molecule has 1 aromatic rings. The number of methoxy groups -OCH3 is 1. The summed E-state index contributed by atoms with van der Waals surface area (Å²) in [6.45, 7) is 2.80. The molecule has 1 atom stereocenters. The highest BCUT2D eigenvalue weighted by Crippen LogP contribution is 2.21. The number of nitrogens with one attached hydrogen (secondary N) is 1. The van der Waals surface area contributed by atoms with E-state index < -0.39 is 6.10 Å². The van der Waals surface area contributed by atoms with Crippen LogP contribution in [0.15, 0.2) is 29.2 Å². The molecule has 20 heavy (non-hydrogen) atoms. The molecule has 0 spiro atoms. The first-order chi connectivity index (χ1) is 9.61. The Kier molecular flexibility index (Phi) is 8.29. The lowest BCUT2D eigenvalue weighted by atomic mass is 10.3. The fourth-order valence-electron chi connectivity index (χ4n) is 1.44. The highest BCUT2D eigenvalue weighted by Gasteiger charge is 2.05. The summed E-state index contributed by atoms with van der Waals surface area (Å²) in [5.41, 5.74) is 0.769. The van der Waals surface area contributed by atoms with Gasteiger partial charge < -0.3 is 19.9 Å². The molecule has 0 bridgehead atoms. The summed E-state index contributed by atoms with van der Waals surface area (Å²) in [6, 6.07) is 7.50. The van der Waals surface area contributed by atoms with Crippen LogP contribution >= 0.6 is 11.8 Å². The van der Waals surface area contributed by atoms with Gasteiger partial charge in [-0.1, -0.05) is 0 Å². The van der Waals surface area contributed by atoms with Crippen LogP contribution in [0.2, 0.25) is 0 Å². The second-order valence-corrected chi connectivity index (χ2v) is 5.33. The number of hydrogen-bond donors (Lipinski definition) is 2. The van der Waals surface area contributed by atoms with Crippen LogP contribution in [0.1, 0.15) is 6.92 Å². The lowest BCUT2D eigenvalue weighted by molar-refractivity contribution is -0.114. The van der Waals surface area contributed by atoms with Gasteiger partial charge in [0.2, 0.25) is 5.91 Å². The van der Waals surface area contributed by atoms with Gasteiger partial charge in [0, 0.05) is 30.4 Å². The van der Waals surface area contributed by atoms with Crippen molar-refractivity contribution in [1.82, 2.24) is 0 Å². The quantitative estimate of drug-likeness (QED) is 0.537. The van der Waals surface area contributed by atoms with Crippen LogP contribution in [0.4, 0.5) is 5.69 Å². The summed E-state index contributed by atoms with van der Waals surface area (Å²) in [5, 5.41) is 12.4. The van der Waals surface area contributed by atoms with Gasteiger partial charge >= 0.3 is 0 Å². The monoisotopic (exact) mass is 299 g/mol. The van der Waals surface area contributed by atoms with E-state index in [9.17, 15) is 9.90 Å². The lowest BCUT2D eigenvalue weighted by Gasteiger charge is -2.11. The predicted octanol–water partition coefficient (Wildman–Crippen LogP) is 1.76. The molecule has 0 saturated heterocycles. The van der Waals surface area contributed by atoms with Crippen molar-refractivity contribution in [3.8, 4) is 0 Å². The minimum atomic E-state index is -0.508. The van der Waals surface area contributed by atoms with Crippen molar-refractivity contribution in [2.45, 2.75) is 17.9 Å². The third-order valence-corrected chi connectivity index (χ3v) is 3.52. The number of carbonyl (C=O) groups excluding carboxylic acids is 1. The van der Waals surface area contributed by atoms with Gasteiger partial charge in [0.05, 0.1) is 25.9 Å². The number of carbonyl (C=O) groups is 1. The summed E-state index contributed by atoms with van der Waals surface area (Å²) >= 11 is 1.55. The zero-order chi connectivity index (χ0) is 14.8. The Bertz CT molecular complexity index is 397. The number of amides is 1. The van der Waals surface area contributed by atoms with E-state index in [1.165, 1.54) is 6.92 Å². The third-order valence-electron chi connectivity index (χ3n) is 2.36. The fraction of sp³-hybridized carbons (Fsp3) is 0.500. The Morgan fingerprint density at radius 3 is 2.65 bits per heavy atom.